The molecular weight excluding hydrogens is 240 g/mol. The highest BCUT2D eigenvalue weighted by Crippen LogP contribution is 2.42. The maximum atomic E-state index is 14.0. The molecule has 1 aliphatic heterocycles. The number of alkyl halides is 2. The van der Waals surface area contributed by atoms with Gasteiger partial charge in [0.15, 0.2) is 0 Å². The molecule has 0 fully saturated rings. The molecule has 0 radical (unpaired) electrons. The van der Waals surface area contributed by atoms with Gasteiger partial charge in [-0.2, -0.15) is 0 Å². The molecule has 1 N–H and O–H groups in total. The van der Waals surface area contributed by atoms with Crippen molar-refractivity contribution < 1.29 is 18.7 Å². The molecule has 0 aromatic heterocycles. The molecule has 5 heteroatoms. The van der Waals surface area contributed by atoms with Gasteiger partial charge >= 0.3 is 5.97 Å². The topological polar surface area (TPSA) is 40.5 Å². The number of benzene rings is 1. The van der Waals surface area contributed by atoms with Gasteiger partial charge in [-0.05, 0) is 6.07 Å². The van der Waals surface area contributed by atoms with Crippen molar-refractivity contribution in [2.24, 2.45) is 0 Å². The van der Waals surface area contributed by atoms with Crippen LogP contribution in [0.1, 0.15) is 12.0 Å². The monoisotopic (exact) mass is 253 g/mol. The van der Waals surface area contributed by atoms with Gasteiger partial charge in [0.05, 0.1) is 0 Å². The SMILES string of the molecule is CN1CCC(F)(F)/C(=C/C(=O)O)c2ccccc21. The molecule has 18 heavy (non-hydrogen) atoms. The Kier molecular flexibility index (Phi) is 3.07. The van der Waals surface area contributed by atoms with Gasteiger partial charge in [0.2, 0.25) is 0 Å². The van der Waals surface area contributed by atoms with Gasteiger partial charge in [0.25, 0.3) is 5.92 Å². The number of hydrogen-bond donors (Lipinski definition) is 1. The lowest BCUT2D eigenvalue weighted by Crippen LogP contribution is -2.23. The van der Waals surface area contributed by atoms with E-state index in [-0.39, 0.29) is 12.1 Å². The first-order chi connectivity index (χ1) is 8.42. The quantitative estimate of drug-likeness (QED) is 0.782. The van der Waals surface area contributed by atoms with Gasteiger partial charge in [-0.3, -0.25) is 0 Å². The van der Waals surface area contributed by atoms with Gasteiger partial charge in [-0.1, -0.05) is 18.2 Å². The number of anilines is 1. The van der Waals surface area contributed by atoms with Crippen molar-refractivity contribution in [2.75, 3.05) is 18.5 Å². The van der Waals surface area contributed by atoms with Crippen LogP contribution in [-0.2, 0) is 4.79 Å². The number of hydrogen-bond acceptors (Lipinski definition) is 2. The largest absolute Gasteiger partial charge is 0.478 e. The van der Waals surface area contributed by atoms with E-state index >= 15 is 0 Å². The van der Waals surface area contributed by atoms with Crippen LogP contribution < -0.4 is 4.90 Å². The fraction of sp³-hybridized carbons (Fsp3) is 0.308. The third kappa shape index (κ3) is 2.20. The lowest BCUT2D eigenvalue weighted by molar-refractivity contribution is -0.131. The van der Waals surface area contributed by atoms with Gasteiger partial charge in [0, 0.05) is 42.9 Å². The number of aliphatic carboxylic acids is 1. The minimum Gasteiger partial charge on any atom is -0.478 e. The highest BCUT2D eigenvalue weighted by atomic mass is 19.3. The van der Waals surface area contributed by atoms with Gasteiger partial charge < -0.3 is 10.0 Å². The minimum atomic E-state index is -3.13. The summed E-state index contributed by atoms with van der Waals surface area (Å²) in [5, 5.41) is 8.76. The van der Waals surface area contributed by atoms with E-state index in [1.54, 1.807) is 30.1 Å². The Bertz CT molecular complexity index is 511. The summed E-state index contributed by atoms with van der Waals surface area (Å²) in [5.74, 6) is -4.48. The molecule has 1 aliphatic rings. The van der Waals surface area contributed by atoms with Gasteiger partial charge in [0.1, 0.15) is 0 Å². The van der Waals surface area contributed by atoms with Crippen molar-refractivity contribution in [3.05, 3.63) is 35.9 Å². The molecule has 2 rings (SSSR count). The van der Waals surface area contributed by atoms with E-state index in [0.717, 1.165) is 0 Å². The lowest BCUT2D eigenvalue weighted by atomic mass is 9.97. The third-order valence-electron chi connectivity index (χ3n) is 3.03. The van der Waals surface area contributed by atoms with Crippen LogP contribution in [0.5, 0.6) is 0 Å². The molecule has 3 nitrogen and oxygen atoms in total. The number of halogens is 2. The lowest BCUT2D eigenvalue weighted by Gasteiger charge is -2.18. The van der Waals surface area contributed by atoms with Crippen LogP contribution in [0, 0.1) is 0 Å². The molecule has 0 saturated carbocycles. The number of carboxylic acid groups (broad SMARTS) is 1. The zero-order chi connectivity index (χ0) is 13.3. The van der Waals surface area contributed by atoms with Crippen molar-refractivity contribution in [1.29, 1.82) is 0 Å². The Morgan fingerprint density at radius 2 is 2.11 bits per heavy atom. The predicted octanol–water partition coefficient (Wildman–Crippen LogP) is 2.63. The Labute approximate surface area is 103 Å². The predicted molar refractivity (Wildman–Crippen MR) is 64.9 cm³/mol. The van der Waals surface area contributed by atoms with Crippen molar-refractivity contribution in [1.82, 2.24) is 0 Å². The van der Waals surface area contributed by atoms with E-state index < -0.39 is 23.9 Å². The maximum Gasteiger partial charge on any atom is 0.328 e. The second-order valence-corrected chi connectivity index (χ2v) is 4.29. The molecule has 0 unspecified atom stereocenters. The molecule has 0 bridgehead atoms. The van der Waals surface area contributed by atoms with Gasteiger partial charge in [-0.25, -0.2) is 13.6 Å². The van der Waals surface area contributed by atoms with Crippen LogP contribution in [0.15, 0.2) is 30.3 Å². The molecule has 0 aliphatic carbocycles. The molecule has 1 aromatic rings. The number of rotatable bonds is 1. The van der Waals surface area contributed by atoms with Crippen LogP contribution in [0.3, 0.4) is 0 Å². The van der Waals surface area contributed by atoms with Crippen LogP contribution >= 0.6 is 0 Å². The normalized spacial score (nSPS) is 20.4. The molecule has 1 heterocycles. The summed E-state index contributed by atoms with van der Waals surface area (Å²) >= 11 is 0. The smallest absolute Gasteiger partial charge is 0.328 e. The molecule has 96 valence electrons. The molecule has 1 aromatic carbocycles. The van der Waals surface area contributed by atoms with Crippen molar-refractivity contribution in [3.8, 4) is 0 Å². The zero-order valence-corrected chi connectivity index (χ0v) is 9.86. The van der Waals surface area contributed by atoms with Crippen LogP contribution in [0.25, 0.3) is 5.57 Å². The number of carbonyl (C=O) groups is 1. The summed E-state index contributed by atoms with van der Waals surface area (Å²) < 4.78 is 28.0. The third-order valence-corrected chi connectivity index (χ3v) is 3.03. The number of fused-ring (bicyclic) bond motifs is 1. The molecule has 0 amide bonds. The first-order valence-corrected chi connectivity index (χ1v) is 5.55. The number of carboxylic acids is 1. The highest BCUT2D eigenvalue weighted by molar-refractivity contribution is 5.94. The second kappa shape index (κ2) is 4.40. The molecular formula is C13H13F2NO2. The summed E-state index contributed by atoms with van der Waals surface area (Å²) in [6.07, 6.45) is 0.218. The molecule has 0 atom stereocenters. The summed E-state index contributed by atoms with van der Waals surface area (Å²) in [6, 6.07) is 6.62. The van der Waals surface area contributed by atoms with E-state index in [0.29, 0.717) is 11.8 Å². The fourth-order valence-electron chi connectivity index (χ4n) is 2.10. The summed E-state index contributed by atoms with van der Waals surface area (Å²) in [7, 11) is 1.72. The van der Waals surface area contributed by atoms with E-state index in [2.05, 4.69) is 0 Å². The van der Waals surface area contributed by atoms with E-state index in [1.165, 1.54) is 6.07 Å². The van der Waals surface area contributed by atoms with E-state index in [1.807, 2.05) is 0 Å². The van der Waals surface area contributed by atoms with Crippen LogP contribution in [0.2, 0.25) is 0 Å². The standard InChI is InChI=1S/C13H13F2NO2/c1-16-7-6-13(14,15)10(8-12(17)18)9-4-2-3-5-11(9)16/h2-5,8H,6-7H2,1H3,(H,17,18)/b10-8+. The average Bonchev–Trinajstić information content (AvgIpc) is 2.40. The Balaban J connectivity index is 2.65. The number of allylic oxidation sites excluding steroid dienone is 1. The average molecular weight is 253 g/mol. The second-order valence-electron chi connectivity index (χ2n) is 4.29. The maximum absolute atomic E-state index is 14.0. The number of nitrogens with zero attached hydrogens (tertiary/aromatic N) is 1. The molecule has 0 saturated heterocycles. The van der Waals surface area contributed by atoms with E-state index in [9.17, 15) is 13.6 Å². The zero-order valence-electron chi connectivity index (χ0n) is 9.86. The fourth-order valence-corrected chi connectivity index (χ4v) is 2.10. The van der Waals surface area contributed by atoms with Crippen molar-refractivity contribution >= 4 is 17.2 Å². The Hall–Kier alpha value is -1.91. The minimum absolute atomic E-state index is 0.182. The first-order valence-electron chi connectivity index (χ1n) is 5.55. The Morgan fingerprint density at radius 3 is 2.78 bits per heavy atom. The summed E-state index contributed by atoms with van der Waals surface area (Å²) in [4.78, 5) is 12.4. The van der Waals surface area contributed by atoms with Crippen LogP contribution in [-0.4, -0.2) is 30.6 Å². The highest BCUT2D eigenvalue weighted by Gasteiger charge is 2.39. The summed E-state index contributed by atoms with van der Waals surface area (Å²) in [5.41, 5.74) is 0.488. The first kappa shape index (κ1) is 12.5. The van der Waals surface area contributed by atoms with E-state index in [4.69, 9.17) is 5.11 Å². The Morgan fingerprint density at radius 1 is 1.44 bits per heavy atom. The number of para-hydroxylation sites is 1. The van der Waals surface area contributed by atoms with Crippen LogP contribution in [0.4, 0.5) is 14.5 Å². The summed E-state index contributed by atoms with van der Waals surface area (Å²) in [6.45, 7) is 0.182. The van der Waals surface area contributed by atoms with Crippen molar-refractivity contribution in [3.63, 3.8) is 0 Å². The van der Waals surface area contributed by atoms with Gasteiger partial charge in [-0.15, -0.1) is 0 Å². The van der Waals surface area contributed by atoms with Crippen molar-refractivity contribution in [2.45, 2.75) is 12.3 Å². The molecule has 0 spiro atoms.